The molecule has 2 amide bonds. The van der Waals surface area contributed by atoms with Crippen molar-refractivity contribution in [2.75, 3.05) is 12.3 Å². The molecule has 0 spiro atoms. The van der Waals surface area contributed by atoms with Gasteiger partial charge in [-0.2, -0.15) is 0 Å². The van der Waals surface area contributed by atoms with E-state index in [0.29, 0.717) is 30.0 Å². The molecular weight excluding hydrogens is 434 g/mol. The summed E-state index contributed by atoms with van der Waals surface area (Å²) < 4.78 is 2.00. The molecule has 176 valence electrons. The van der Waals surface area contributed by atoms with Crippen LogP contribution in [0.15, 0.2) is 42.1 Å². The quantitative estimate of drug-likeness (QED) is 0.463. The van der Waals surface area contributed by atoms with Crippen LogP contribution in [0.4, 0.5) is 0 Å². The van der Waals surface area contributed by atoms with E-state index in [9.17, 15) is 9.59 Å². The lowest BCUT2D eigenvalue weighted by molar-refractivity contribution is -0.119. The second-order valence-electron chi connectivity index (χ2n) is 8.90. The first kappa shape index (κ1) is 23.5. The summed E-state index contributed by atoms with van der Waals surface area (Å²) in [6.07, 6.45) is 9.36. The number of likely N-dealkylation sites (tertiary alicyclic amines) is 1. The number of allylic oxidation sites excluding steroid dienone is 1. The highest BCUT2D eigenvalue weighted by Crippen LogP contribution is 2.34. The fourth-order valence-corrected chi connectivity index (χ4v) is 5.61. The highest BCUT2D eigenvalue weighted by Gasteiger charge is 2.35. The zero-order chi connectivity index (χ0) is 23.2. The van der Waals surface area contributed by atoms with Gasteiger partial charge in [0.2, 0.25) is 5.91 Å². The number of hydrogen-bond acceptors (Lipinski definition) is 5. The molecule has 1 atom stereocenters. The van der Waals surface area contributed by atoms with E-state index in [4.69, 9.17) is 0 Å². The molecule has 1 unspecified atom stereocenters. The van der Waals surface area contributed by atoms with Crippen LogP contribution in [0.25, 0.3) is 0 Å². The van der Waals surface area contributed by atoms with E-state index in [0.717, 1.165) is 42.6 Å². The Morgan fingerprint density at radius 3 is 2.70 bits per heavy atom. The third-order valence-corrected chi connectivity index (χ3v) is 7.51. The summed E-state index contributed by atoms with van der Waals surface area (Å²) in [5, 5.41) is 12.7. The molecule has 0 radical (unpaired) electrons. The number of nitrogens with one attached hydrogen (secondary N) is 1. The Kier molecular flexibility index (Phi) is 7.85. The van der Waals surface area contributed by atoms with Crippen molar-refractivity contribution in [3.05, 3.63) is 53.9 Å². The van der Waals surface area contributed by atoms with Gasteiger partial charge in [0.1, 0.15) is 0 Å². The molecule has 2 heterocycles. The minimum absolute atomic E-state index is 0.0322. The molecule has 4 rings (SSSR count). The number of carbonyl (C=O) groups excluding carboxylic acids is 2. The van der Waals surface area contributed by atoms with Crippen LogP contribution in [0.1, 0.15) is 72.7 Å². The van der Waals surface area contributed by atoms with Gasteiger partial charge in [0, 0.05) is 24.7 Å². The molecule has 1 saturated carbocycles. The number of aromatic nitrogens is 3. The third-order valence-electron chi connectivity index (χ3n) is 6.55. The van der Waals surface area contributed by atoms with Gasteiger partial charge in [-0.3, -0.25) is 9.59 Å². The van der Waals surface area contributed by atoms with E-state index in [1.165, 1.54) is 31.0 Å². The average Bonchev–Trinajstić information content (AvgIpc) is 3.45. The van der Waals surface area contributed by atoms with Crippen molar-refractivity contribution in [2.45, 2.75) is 75.7 Å². The van der Waals surface area contributed by atoms with Crippen molar-refractivity contribution in [1.29, 1.82) is 0 Å². The Morgan fingerprint density at radius 2 is 1.94 bits per heavy atom. The molecule has 1 N–H and O–H groups in total. The summed E-state index contributed by atoms with van der Waals surface area (Å²) in [4.78, 5) is 27.7. The monoisotopic (exact) mass is 467 g/mol. The maximum Gasteiger partial charge on any atom is 0.254 e. The lowest BCUT2D eigenvalue weighted by Gasteiger charge is -2.25. The lowest BCUT2D eigenvalue weighted by atomic mass is 9.95. The van der Waals surface area contributed by atoms with Gasteiger partial charge in [-0.1, -0.05) is 55.3 Å². The molecule has 33 heavy (non-hydrogen) atoms. The summed E-state index contributed by atoms with van der Waals surface area (Å²) in [5.41, 5.74) is 1.70. The number of amides is 2. The van der Waals surface area contributed by atoms with Crippen LogP contribution in [0.2, 0.25) is 0 Å². The van der Waals surface area contributed by atoms with E-state index in [1.54, 1.807) is 0 Å². The number of aryl methyl sites for hydroxylation is 1. The normalized spacial score (nSPS) is 18.9. The highest BCUT2D eigenvalue weighted by molar-refractivity contribution is 7.99. The van der Waals surface area contributed by atoms with Gasteiger partial charge in [-0.15, -0.1) is 16.8 Å². The Hall–Kier alpha value is -2.61. The van der Waals surface area contributed by atoms with Crippen LogP contribution in [-0.2, 0) is 11.3 Å². The molecule has 7 nitrogen and oxygen atoms in total. The average molecular weight is 468 g/mol. The van der Waals surface area contributed by atoms with E-state index < -0.39 is 0 Å². The molecule has 2 aromatic rings. The van der Waals surface area contributed by atoms with Gasteiger partial charge < -0.3 is 14.8 Å². The zero-order valence-corrected chi connectivity index (χ0v) is 20.1. The van der Waals surface area contributed by atoms with E-state index >= 15 is 0 Å². The molecule has 2 aliphatic rings. The van der Waals surface area contributed by atoms with Crippen LogP contribution < -0.4 is 5.32 Å². The predicted molar refractivity (Wildman–Crippen MR) is 130 cm³/mol. The zero-order valence-electron chi connectivity index (χ0n) is 19.3. The number of thioether (sulfide) groups is 1. The molecular formula is C25H33N5O2S. The highest BCUT2D eigenvalue weighted by atomic mass is 32.2. The second-order valence-corrected chi connectivity index (χ2v) is 9.85. The van der Waals surface area contributed by atoms with Gasteiger partial charge >= 0.3 is 0 Å². The summed E-state index contributed by atoms with van der Waals surface area (Å²) in [6.45, 7) is 7.09. The Morgan fingerprint density at radius 1 is 1.15 bits per heavy atom. The minimum atomic E-state index is -0.130. The smallest absolute Gasteiger partial charge is 0.254 e. The molecule has 2 fully saturated rings. The fraction of sp³-hybridized carbons (Fsp3) is 0.520. The Balaban J connectivity index is 1.47. The van der Waals surface area contributed by atoms with Crippen molar-refractivity contribution in [1.82, 2.24) is 25.0 Å². The largest absolute Gasteiger partial charge is 0.353 e. The second kappa shape index (κ2) is 11.0. The summed E-state index contributed by atoms with van der Waals surface area (Å²) >= 11 is 1.40. The van der Waals surface area contributed by atoms with E-state index in [2.05, 4.69) is 22.1 Å². The molecule has 8 heteroatoms. The maximum absolute atomic E-state index is 13.3. The summed E-state index contributed by atoms with van der Waals surface area (Å²) in [5.74, 6) is 1.15. The number of carbonyl (C=O) groups is 2. The van der Waals surface area contributed by atoms with Crippen LogP contribution in [0.3, 0.4) is 0 Å². The summed E-state index contributed by atoms with van der Waals surface area (Å²) in [7, 11) is 0. The van der Waals surface area contributed by atoms with Gasteiger partial charge in [-0.05, 0) is 44.2 Å². The SMILES string of the molecule is C=CCn1c(SCC(=O)NC2CCCCC2)nnc1C1CCCN1C(=O)c1ccccc1C. The van der Waals surface area contributed by atoms with E-state index in [1.807, 2.05) is 46.7 Å². The minimum Gasteiger partial charge on any atom is -0.353 e. The van der Waals surface area contributed by atoms with Gasteiger partial charge in [0.15, 0.2) is 11.0 Å². The fourth-order valence-electron chi connectivity index (χ4n) is 4.85. The first-order valence-electron chi connectivity index (χ1n) is 11.9. The van der Waals surface area contributed by atoms with E-state index in [-0.39, 0.29) is 17.9 Å². The van der Waals surface area contributed by atoms with Crippen molar-refractivity contribution in [2.24, 2.45) is 0 Å². The molecule has 0 bridgehead atoms. The van der Waals surface area contributed by atoms with Crippen LogP contribution in [0.5, 0.6) is 0 Å². The predicted octanol–water partition coefficient (Wildman–Crippen LogP) is 4.29. The standard InChI is InChI=1S/C25H33N5O2S/c1-3-15-30-23(21-14-9-16-29(21)24(32)20-13-8-7-10-18(20)2)27-28-25(30)33-17-22(31)26-19-11-5-4-6-12-19/h3,7-8,10,13,19,21H,1,4-6,9,11-12,14-17H2,2H3,(H,26,31). The van der Waals surface area contributed by atoms with Crippen molar-refractivity contribution in [3.8, 4) is 0 Å². The Labute approximate surface area is 200 Å². The first-order chi connectivity index (χ1) is 16.1. The lowest BCUT2D eigenvalue weighted by Crippen LogP contribution is -2.37. The molecule has 1 aliphatic carbocycles. The Bertz CT molecular complexity index is 998. The summed E-state index contributed by atoms with van der Waals surface area (Å²) in [6, 6.07) is 7.86. The molecule has 1 aromatic heterocycles. The van der Waals surface area contributed by atoms with Gasteiger partial charge in [0.25, 0.3) is 5.91 Å². The van der Waals surface area contributed by atoms with Gasteiger partial charge in [-0.25, -0.2) is 0 Å². The third kappa shape index (κ3) is 5.49. The van der Waals surface area contributed by atoms with Crippen molar-refractivity contribution < 1.29 is 9.59 Å². The van der Waals surface area contributed by atoms with Crippen LogP contribution in [0, 0.1) is 6.92 Å². The van der Waals surface area contributed by atoms with Crippen LogP contribution >= 0.6 is 11.8 Å². The number of hydrogen-bond donors (Lipinski definition) is 1. The maximum atomic E-state index is 13.3. The van der Waals surface area contributed by atoms with Crippen molar-refractivity contribution in [3.63, 3.8) is 0 Å². The number of rotatable bonds is 8. The van der Waals surface area contributed by atoms with Gasteiger partial charge in [0.05, 0.1) is 11.8 Å². The molecule has 1 aromatic carbocycles. The topological polar surface area (TPSA) is 80.1 Å². The first-order valence-corrected chi connectivity index (χ1v) is 12.9. The molecule has 1 aliphatic heterocycles. The van der Waals surface area contributed by atoms with Crippen molar-refractivity contribution >= 4 is 23.6 Å². The van der Waals surface area contributed by atoms with Crippen LogP contribution in [-0.4, -0.2) is 49.8 Å². The molecule has 1 saturated heterocycles. The number of nitrogens with zero attached hydrogens (tertiary/aromatic N) is 4. The number of benzene rings is 1.